The number of aliphatic carboxylic acids is 1. The Morgan fingerprint density at radius 2 is 2.00 bits per heavy atom. The third-order valence-electron chi connectivity index (χ3n) is 6.46. The normalized spacial score (nSPS) is 19.6. The number of hydrogen-bond donors (Lipinski definition) is 3. The second-order valence-corrected chi connectivity index (χ2v) is 8.95. The highest BCUT2D eigenvalue weighted by Gasteiger charge is 2.35. The second kappa shape index (κ2) is 13.3. The average molecular weight is 476 g/mol. The number of nitrogens with one attached hydrogen (secondary N) is 2. The van der Waals surface area contributed by atoms with Gasteiger partial charge in [0.05, 0.1) is 12.3 Å². The maximum absolute atomic E-state index is 13.3. The first kappa shape index (κ1) is 26.0. The molecule has 1 aromatic rings. The Morgan fingerprint density at radius 3 is 2.74 bits per heavy atom. The van der Waals surface area contributed by atoms with E-state index in [4.69, 9.17) is 9.47 Å². The number of rotatable bonds is 12. The van der Waals surface area contributed by atoms with Gasteiger partial charge in [0.25, 0.3) is 0 Å². The Morgan fingerprint density at radius 1 is 1.24 bits per heavy atom. The van der Waals surface area contributed by atoms with Crippen LogP contribution in [-0.4, -0.2) is 67.9 Å². The number of anilines is 1. The number of piperidine rings is 1. The second-order valence-electron chi connectivity index (χ2n) is 8.95. The van der Waals surface area contributed by atoms with Crippen molar-refractivity contribution in [3.05, 3.63) is 24.3 Å². The predicted octanol–water partition coefficient (Wildman–Crippen LogP) is 2.34. The van der Waals surface area contributed by atoms with Crippen molar-refractivity contribution in [3.63, 3.8) is 0 Å². The molecule has 0 bridgehead atoms. The van der Waals surface area contributed by atoms with E-state index in [1.807, 2.05) is 0 Å². The summed E-state index contributed by atoms with van der Waals surface area (Å²) >= 11 is 0. The monoisotopic (exact) mass is 475 g/mol. The number of amides is 1. The highest BCUT2D eigenvalue weighted by molar-refractivity contribution is 6.02. The molecule has 2 heterocycles. The van der Waals surface area contributed by atoms with E-state index in [0.717, 1.165) is 38.3 Å². The molecule has 1 saturated heterocycles. The van der Waals surface area contributed by atoms with Gasteiger partial charge in [-0.15, -0.1) is 0 Å². The lowest BCUT2D eigenvalue weighted by Gasteiger charge is -2.26. The van der Waals surface area contributed by atoms with E-state index in [1.54, 1.807) is 31.2 Å². The molecule has 1 aromatic carbocycles. The summed E-state index contributed by atoms with van der Waals surface area (Å²) in [5.41, 5.74) is 0.407. The van der Waals surface area contributed by atoms with Crippen molar-refractivity contribution in [3.8, 4) is 5.75 Å². The lowest BCUT2D eigenvalue weighted by Crippen LogP contribution is -2.54. The molecule has 2 aliphatic heterocycles. The topological polar surface area (TPSA) is 117 Å². The molecule has 3 rings (SSSR count). The first-order valence-corrected chi connectivity index (χ1v) is 12.4. The van der Waals surface area contributed by atoms with Crippen molar-refractivity contribution >= 4 is 23.5 Å². The lowest BCUT2D eigenvalue weighted by atomic mass is 9.92. The van der Waals surface area contributed by atoms with E-state index in [-0.39, 0.29) is 13.2 Å². The van der Waals surface area contributed by atoms with Crippen molar-refractivity contribution < 1.29 is 29.0 Å². The summed E-state index contributed by atoms with van der Waals surface area (Å²) in [7, 11) is 0. The van der Waals surface area contributed by atoms with Crippen molar-refractivity contribution in [1.82, 2.24) is 10.6 Å². The molecule has 0 spiro atoms. The lowest BCUT2D eigenvalue weighted by molar-refractivity contribution is -0.146. The number of unbranched alkanes of at least 4 members (excludes halogenated alkanes) is 2. The van der Waals surface area contributed by atoms with Gasteiger partial charge in [0.2, 0.25) is 5.91 Å². The van der Waals surface area contributed by atoms with Crippen LogP contribution in [0.15, 0.2) is 24.3 Å². The molecule has 3 N–H and O–H groups in total. The number of carboxylic acids is 1. The minimum Gasteiger partial charge on any atom is -0.489 e. The minimum atomic E-state index is -1.13. The third kappa shape index (κ3) is 7.43. The zero-order valence-corrected chi connectivity index (χ0v) is 20.0. The van der Waals surface area contributed by atoms with Gasteiger partial charge in [-0.25, -0.2) is 0 Å². The summed E-state index contributed by atoms with van der Waals surface area (Å²) in [4.78, 5) is 38.6. The van der Waals surface area contributed by atoms with Gasteiger partial charge in [0.1, 0.15) is 31.0 Å². The Kier molecular flexibility index (Phi) is 10.2. The van der Waals surface area contributed by atoms with Gasteiger partial charge in [0.15, 0.2) is 0 Å². The van der Waals surface area contributed by atoms with Gasteiger partial charge in [-0.05, 0) is 57.3 Å². The van der Waals surface area contributed by atoms with Crippen molar-refractivity contribution in [2.75, 3.05) is 37.7 Å². The van der Waals surface area contributed by atoms with Crippen LogP contribution in [0, 0.1) is 5.92 Å². The van der Waals surface area contributed by atoms with Gasteiger partial charge < -0.3 is 19.9 Å². The smallest absolute Gasteiger partial charge is 0.323 e. The average Bonchev–Trinajstić information content (AvgIpc) is 2.96. The van der Waals surface area contributed by atoms with Crippen molar-refractivity contribution in [2.24, 2.45) is 5.92 Å². The first-order chi connectivity index (χ1) is 16.5. The highest BCUT2D eigenvalue weighted by Crippen LogP contribution is 2.31. The van der Waals surface area contributed by atoms with E-state index >= 15 is 0 Å². The Labute approximate surface area is 201 Å². The van der Waals surface area contributed by atoms with E-state index in [9.17, 15) is 19.5 Å². The molecule has 2 atom stereocenters. The van der Waals surface area contributed by atoms with Crippen LogP contribution < -0.4 is 20.3 Å². The van der Waals surface area contributed by atoms with E-state index in [2.05, 4.69) is 10.6 Å². The summed E-state index contributed by atoms with van der Waals surface area (Å²) in [6.07, 6.45) is 7.16. The molecule has 34 heavy (non-hydrogen) atoms. The number of nitrogens with zero attached hydrogens (tertiary/aromatic N) is 1. The number of esters is 1. The molecule has 1 fully saturated rings. The molecule has 0 aromatic heterocycles. The summed E-state index contributed by atoms with van der Waals surface area (Å²) < 4.78 is 11.1. The molecule has 9 nitrogen and oxygen atoms in total. The summed E-state index contributed by atoms with van der Waals surface area (Å²) in [6, 6.07) is 5.32. The molecule has 188 valence electrons. The Balaban J connectivity index is 1.60. The largest absolute Gasteiger partial charge is 0.489 e. The number of carbonyl (C=O) groups is 3. The van der Waals surface area contributed by atoms with Gasteiger partial charge in [0, 0.05) is 0 Å². The maximum Gasteiger partial charge on any atom is 0.323 e. The van der Waals surface area contributed by atoms with Crippen LogP contribution in [-0.2, 0) is 19.1 Å². The van der Waals surface area contributed by atoms with Crippen LogP contribution >= 0.6 is 0 Å². The molecule has 1 amide bonds. The van der Waals surface area contributed by atoms with Crippen LogP contribution in [0.25, 0.3) is 0 Å². The number of carboxylic acid groups (broad SMARTS) is 1. The molecular weight excluding hydrogens is 438 g/mol. The van der Waals surface area contributed by atoms with Crippen molar-refractivity contribution in [1.29, 1.82) is 0 Å². The summed E-state index contributed by atoms with van der Waals surface area (Å²) in [6.45, 7) is 3.70. The van der Waals surface area contributed by atoms with E-state index < -0.39 is 36.5 Å². The first-order valence-electron chi connectivity index (χ1n) is 12.4. The fraction of sp³-hybridized carbons (Fsp3) is 0.640. The maximum atomic E-state index is 13.3. The number of carbonyl (C=O) groups excluding carboxylic acids is 2. The fourth-order valence-electron chi connectivity index (χ4n) is 4.65. The quantitative estimate of drug-likeness (QED) is 0.312. The molecule has 1 unspecified atom stereocenters. The van der Waals surface area contributed by atoms with Crippen molar-refractivity contribution in [2.45, 2.75) is 64.0 Å². The summed E-state index contributed by atoms with van der Waals surface area (Å²) in [5.74, 6) is -0.748. The number of ether oxygens (including phenoxy) is 2. The third-order valence-corrected chi connectivity index (χ3v) is 6.46. The van der Waals surface area contributed by atoms with Gasteiger partial charge in [-0.2, -0.15) is 0 Å². The van der Waals surface area contributed by atoms with Crippen LogP contribution in [0.4, 0.5) is 5.69 Å². The molecule has 0 radical (unpaired) electrons. The Hall–Kier alpha value is -2.65. The van der Waals surface area contributed by atoms with Gasteiger partial charge in [-0.1, -0.05) is 37.8 Å². The molecule has 0 aliphatic carbocycles. The van der Waals surface area contributed by atoms with E-state index in [1.165, 1.54) is 24.2 Å². The fourth-order valence-corrected chi connectivity index (χ4v) is 4.65. The SMILES string of the molecule is CCOC(=O)C(CCCCCC1CCNCC1)N[C@H]1COc2ccccc2N(CC(=O)O)C1=O. The van der Waals surface area contributed by atoms with Crippen LogP contribution in [0.2, 0.25) is 0 Å². The number of para-hydroxylation sites is 2. The number of benzene rings is 1. The highest BCUT2D eigenvalue weighted by atomic mass is 16.5. The van der Waals surface area contributed by atoms with E-state index in [0.29, 0.717) is 17.9 Å². The molecule has 0 saturated carbocycles. The summed E-state index contributed by atoms with van der Waals surface area (Å²) in [5, 5.41) is 15.9. The molecule has 2 aliphatic rings. The molecule has 9 heteroatoms. The Bertz CT molecular complexity index is 827. The number of fused-ring (bicyclic) bond motifs is 1. The van der Waals surface area contributed by atoms with Crippen LogP contribution in [0.1, 0.15) is 51.9 Å². The minimum absolute atomic E-state index is 0.00239. The van der Waals surface area contributed by atoms with Crippen LogP contribution in [0.5, 0.6) is 5.75 Å². The molecular formula is C25H37N3O6. The zero-order chi connectivity index (χ0) is 24.3. The van der Waals surface area contributed by atoms with Gasteiger partial charge in [-0.3, -0.25) is 24.6 Å². The van der Waals surface area contributed by atoms with Crippen LogP contribution in [0.3, 0.4) is 0 Å². The zero-order valence-electron chi connectivity index (χ0n) is 20.0. The standard InChI is InChI=1S/C25H37N3O6/c1-2-33-25(32)19(9-5-3-4-8-18-12-14-26-15-13-18)27-20-17-34-22-11-7-6-10-21(22)28(24(20)31)16-23(29)30/h6-7,10-11,18-20,26-27H,2-5,8-9,12-17H2,1H3,(H,29,30)/t19?,20-/m0/s1. The number of hydrogen-bond acceptors (Lipinski definition) is 7. The van der Waals surface area contributed by atoms with Gasteiger partial charge >= 0.3 is 11.9 Å². The predicted molar refractivity (Wildman–Crippen MR) is 128 cm³/mol.